The lowest BCUT2D eigenvalue weighted by atomic mass is 10.0. The smallest absolute Gasteiger partial charge is 0.251 e. The van der Waals surface area contributed by atoms with Crippen molar-refractivity contribution in [2.75, 3.05) is 26.2 Å². The Hall–Kier alpha value is -2.22. The van der Waals surface area contributed by atoms with Gasteiger partial charge in [0.25, 0.3) is 5.91 Å². The zero-order valence-electron chi connectivity index (χ0n) is 19.7. The zero-order valence-corrected chi connectivity index (χ0v) is 20.5. The molecule has 4 rings (SSSR count). The third kappa shape index (κ3) is 5.83. The molecule has 0 radical (unpaired) electrons. The molecule has 2 aromatic rings. The lowest BCUT2D eigenvalue weighted by Crippen LogP contribution is -2.44. The molecule has 6 nitrogen and oxygen atoms in total. The van der Waals surface area contributed by atoms with Crippen LogP contribution in [-0.4, -0.2) is 55.8 Å². The van der Waals surface area contributed by atoms with E-state index < -0.39 is 10.0 Å². The van der Waals surface area contributed by atoms with Crippen molar-refractivity contribution in [1.29, 1.82) is 0 Å². The lowest BCUT2D eigenvalue weighted by Gasteiger charge is -2.32. The van der Waals surface area contributed by atoms with Crippen LogP contribution in [0, 0.1) is 13.8 Å². The summed E-state index contributed by atoms with van der Waals surface area (Å²) in [5.74, 6) is -0.180. The molecule has 1 amide bonds. The van der Waals surface area contributed by atoms with Crippen LogP contribution >= 0.6 is 0 Å². The van der Waals surface area contributed by atoms with Gasteiger partial charge in [-0.3, -0.25) is 9.69 Å². The minimum absolute atomic E-state index is 0.105. The number of hydrogen-bond acceptors (Lipinski definition) is 4. The molecule has 0 bridgehead atoms. The van der Waals surface area contributed by atoms with E-state index in [1.165, 1.54) is 11.1 Å². The van der Waals surface area contributed by atoms with Crippen molar-refractivity contribution >= 4 is 15.9 Å². The number of nitrogens with zero attached hydrogens (tertiary/aromatic N) is 2. The van der Waals surface area contributed by atoms with Crippen molar-refractivity contribution in [1.82, 2.24) is 14.5 Å². The second-order valence-electron chi connectivity index (χ2n) is 9.45. The molecule has 178 valence electrons. The molecule has 0 atom stereocenters. The maximum atomic E-state index is 13.1. The maximum absolute atomic E-state index is 13.1. The van der Waals surface area contributed by atoms with E-state index in [0.717, 1.165) is 57.3 Å². The molecule has 0 spiro atoms. The Bertz CT molecular complexity index is 1090. The van der Waals surface area contributed by atoms with Gasteiger partial charge in [0, 0.05) is 44.3 Å². The highest BCUT2D eigenvalue weighted by Gasteiger charge is 2.28. The average molecular weight is 470 g/mol. The topological polar surface area (TPSA) is 69.7 Å². The fraction of sp³-hybridized carbons (Fsp3) is 0.500. The number of aryl methyl sites for hydroxylation is 2. The van der Waals surface area contributed by atoms with Crippen LogP contribution in [0.1, 0.15) is 59.2 Å². The largest absolute Gasteiger partial charge is 0.349 e. The number of carbonyl (C=O) groups excluding carboxylic acids is 1. The molecule has 2 aliphatic heterocycles. The van der Waals surface area contributed by atoms with Crippen LogP contribution in [0.3, 0.4) is 0 Å². The second kappa shape index (κ2) is 10.4. The maximum Gasteiger partial charge on any atom is 0.251 e. The van der Waals surface area contributed by atoms with Gasteiger partial charge in [0.05, 0.1) is 4.90 Å². The van der Waals surface area contributed by atoms with E-state index in [9.17, 15) is 13.2 Å². The Morgan fingerprint density at radius 1 is 0.970 bits per heavy atom. The van der Waals surface area contributed by atoms with Gasteiger partial charge in [0.1, 0.15) is 0 Å². The summed E-state index contributed by atoms with van der Waals surface area (Å²) in [4.78, 5) is 15.7. The van der Waals surface area contributed by atoms with E-state index in [2.05, 4.69) is 41.4 Å². The predicted molar refractivity (Wildman–Crippen MR) is 131 cm³/mol. The van der Waals surface area contributed by atoms with Crippen molar-refractivity contribution in [3.8, 4) is 0 Å². The van der Waals surface area contributed by atoms with E-state index in [-0.39, 0.29) is 16.8 Å². The van der Waals surface area contributed by atoms with E-state index in [4.69, 9.17) is 0 Å². The zero-order chi connectivity index (χ0) is 23.4. The molecule has 0 saturated carbocycles. The minimum atomic E-state index is -3.56. The lowest BCUT2D eigenvalue weighted by molar-refractivity contribution is 0.0908. The van der Waals surface area contributed by atoms with Gasteiger partial charge in [-0.05, 0) is 62.8 Å². The van der Waals surface area contributed by atoms with E-state index in [0.29, 0.717) is 18.7 Å². The molecule has 2 aliphatic rings. The monoisotopic (exact) mass is 469 g/mol. The predicted octanol–water partition coefficient (Wildman–Crippen LogP) is 3.87. The van der Waals surface area contributed by atoms with Gasteiger partial charge in [-0.2, -0.15) is 4.31 Å². The van der Waals surface area contributed by atoms with Gasteiger partial charge in [0.15, 0.2) is 0 Å². The molecule has 1 N–H and O–H groups in total. The molecule has 33 heavy (non-hydrogen) atoms. The standard InChI is InChI=1S/C26H35N3O3S/c1-20-7-6-8-22(17-20)19-28-15-11-23(12-16-28)27-26(30)25-18-24(10-9-21(25)2)33(31,32)29-13-4-3-5-14-29/h6-10,17-18,23H,3-5,11-16,19H2,1-2H3,(H,27,30). The quantitative estimate of drug-likeness (QED) is 0.697. The molecule has 0 aromatic heterocycles. The minimum Gasteiger partial charge on any atom is -0.349 e. The van der Waals surface area contributed by atoms with Crippen molar-refractivity contribution in [2.45, 2.75) is 63.4 Å². The number of rotatable bonds is 6. The van der Waals surface area contributed by atoms with Gasteiger partial charge in [0.2, 0.25) is 10.0 Å². The molecule has 7 heteroatoms. The Labute approximate surface area is 198 Å². The number of nitrogens with one attached hydrogen (secondary N) is 1. The Kier molecular flexibility index (Phi) is 7.51. The van der Waals surface area contributed by atoms with Crippen molar-refractivity contribution in [3.63, 3.8) is 0 Å². The van der Waals surface area contributed by atoms with Gasteiger partial charge in [-0.15, -0.1) is 0 Å². The van der Waals surface area contributed by atoms with E-state index in [1.54, 1.807) is 22.5 Å². The van der Waals surface area contributed by atoms with E-state index in [1.807, 2.05) is 6.92 Å². The Morgan fingerprint density at radius 3 is 2.39 bits per heavy atom. The number of sulfonamides is 1. The summed E-state index contributed by atoms with van der Waals surface area (Å²) in [6.07, 6.45) is 4.63. The van der Waals surface area contributed by atoms with Crippen molar-refractivity contribution < 1.29 is 13.2 Å². The third-order valence-corrected chi connectivity index (χ3v) is 8.71. The van der Waals surface area contributed by atoms with Crippen LogP contribution in [0.2, 0.25) is 0 Å². The number of likely N-dealkylation sites (tertiary alicyclic amines) is 1. The fourth-order valence-corrected chi connectivity index (χ4v) is 6.37. The number of amides is 1. The summed E-state index contributed by atoms with van der Waals surface area (Å²) < 4.78 is 27.7. The first kappa shape index (κ1) is 23.9. The molecule has 2 heterocycles. The van der Waals surface area contributed by atoms with Crippen LogP contribution < -0.4 is 5.32 Å². The molecular weight excluding hydrogens is 434 g/mol. The first-order valence-corrected chi connectivity index (χ1v) is 13.5. The summed E-state index contributed by atoms with van der Waals surface area (Å²) in [7, 11) is -3.56. The summed E-state index contributed by atoms with van der Waals surface area (Å²) >= 11 is 0. The summed E-state index contributed by atoms with van der Waals surface area (Å²) in [6.45, 7) is 7.87. The summed E-state index contributed by atoms with van der Waals surface area (Å²) in [6, 6.07) is 13.6. The van der Waals surface area contributed by atoms with Crippen LogP contribution in [0.25, 0.3) is 0 Å². The summed E-state index contributed by atoms with van der Waals surface area (Å²) in [5, 5.41) is 3.15. The third-order valence-electron chi connectivity index (χ3n) is 6.82. The normalized spacial score (nSPS) is 18.8. The van der Waals surface area contributed by atoms with Crippen LogP contribution in [0.5, 0.6) is 0 Å². The molecule has 2 fully saturated rings. The molecule has 0 aliphatic carbocycles. The van der Waals surface area contributed by atoms with Gasteiger partial charge in [-0.1, -0.05) is 42.3 Å². The highest BCUT2D eigenvalue weighted by molar-refractivity contribution is 7.89. The Balaban J connectivity index is 1.37. The average Bonchev–Trinajstić information content (AvgIpc) is 2.81. The SMILES string of the molecule is Cc1cccc(CN2CCC(NC(=O)c3cc(S(=O)(=O)N4CCCCC4)ccc3C)CC2)c1. The van der Waals surface area contributed by atoms with Gasteiger partial charge >= 0.3 is 0 Å². The molecular formula is C26H35N3O3S. The van der Waals surface area contributed by atoms with E-state index >= 15 is 0 Å². The molecule has 0 unspecified atom stereocenters. The fourth-order valence-electron chi connectivity index (χ4n) is 4.83. The number of hydrogen-bond donors (Lipinski definition) is 1. The Morgan fingerprint density at radius 2 is 1.70 bits per heavy atom. The van der Waals surface area contributed by atoms with Gasteiger partial charge < -0.3 is 5.32 Å². The second-order valence-corrected chi connectivity index (χ2v) is 11.4. The first-order chi connectivity index (χ1) is 15.8. The van der Waals surface area contributed by atoms with Crippen molar-refractivity contribution in [2.24, 2.45) is 0 Å². The number of benzene rings is 2. The summed E-state index contributed by atoms with van der Waals surface area (Å²) in [5.41, 5.74) is 3.84. The van der Waals surface area contributed by atoms with Gasteiger partial charge in [-0.25, -0.2) is 8.42 Å². The molecule has 2 saturated heterocycles. The number of piperidine rings is 2. The first-order valence-electron chi connectivity index (χ1n) is 12.0. The highest BCUT2D eigenvalue weighted by atomic mass is 32.2. The van der Waals surface area contributed by atoms with Crippen LogP contribution in [-0.2, 0) is 16.6 Å². The van der Waals surface area contributed by atoms with Crippen molar-refractivity contribution in [3.05, 3.63) is 64.7 Å². The van der Waals surface area contributed by atoms with Crippen LogP contribution in [0.4, 0.5) is 0 Å². The van der Waals surface area contributed by atoms with Crippen LogP contribution in [0.15, 0.2) is 47.4 Å². The highest BCUT2D eigenvalue weighted by Crippen LogP contribution is 2.23. The number of carbonyl (C=O) groups is 1. The molecule has 2 aromatic carbocycles.